The van der Waals surface area contributed by atoms with Crippen LogP contribution in [0, 0.1) is 10.1 Å². The third kappa shape index (κ3) is 3.10. The Bertz CT molecular complexity index is 669. The molecule has 110 valence electrons. The fourth-order valence-corrected chi connectivity index (χ4v) is 1.72. The number of aromatic nitrogens is 1. The average molecular weight is 298 g/mol. The SMILES string of the molecule is COc1ccc([N+](=O)[O-])c(-c2ccc(C(F)(F)F)cc2)n1. The van der Waals surface area contributed by atoms with Crippen LogP contribution in [0.15, 0.2) is 36.4 Å². The van der Waals surface area contributed by atoms with Gasteiger partial charge in [-0.25, -0.2) is 4.98 Å². The van der Waals surface area contributed by atoms with E-state index in [9.17, 15) is 23.3 Å². The third-order valence-electron chi connectivity index (χ3n) is 2.74. The van der Waals surface area contributed by atoms with Crippen molar-refractivity contribution in [3.63, 3.8) is 0 Å². The Morgan fingerprint density at radius 1 is 1.14 bits per heavy atom. The number of halogens is 3. The molecule has 1 aromatic carbocycles. The molecule has 2 rings (SSSR count). The number of methoxy groups -OCH3 is 1. The summed E-state index contributed by atoms with van der Waals surface area (Å²) < 4.78 is 42.4. The van der Waals surface area contributed by atoms with Crippen LogP contribution in [0.4, 0.5) is 18.9 Å². The van der Waals surface area contributed by atoms with Crippen molar-refractivity contribution in [1.82, 2.24) is 4.98 Å². The van der Waals surface area contributed by atoms with Gasteiger partial charge in [0.15, 0.2) is 5.69 Å². The van der Waals surface area contributed by atoms with Crippen LogP contribution >= 0.6 is 0 Å². The molecular formula is C13H9F3N2O3. The Morgan fingerprint density at radius 3 is 2.24 bits per heavy atom. The Morgan fingerprint density at radius 2 is 1.76 bits per heavy atom. The van der Waals surface area contributed by atoms with Gasteiger partial charge >= 0.3 is 6.18 Å². The fourth-order valence-electron chi connectivity index (χ4n) is 1.72. The molecule has 8 heteroatoms. The number of rotatable bonds is 3. The highest BCUT2D eigenvalue weighted by Crippen LogP contribution is 2.33. The summed E-state index contributed by atoms with van der Waals surface area (Å²) in [6, 6.07) is 6.47. The zero-order chi connectivity index (χ0) is 15.6. The van der Waals surface area contributed by atoms with Gasteiger partial charge in [0.25, 0.3) is 5.69 Å². The maximum Gasteiger partial charge on any atom is 0.416 e. The van der Waals surface area contributed by atoms with Crippen LogP contribution in [-0.2, 0) is 6.18 Å². The molecule has 0 radical (unpaired) electrons. The van der Waals surface area contributed by atoms with Crippen molar-refractivity contribution < 1.29 is 22.8 Å². The van der Waals surface area contributed by atoms with Crippen LogP contribution in [0.25, 0.3) is 11.3 Å². The third-order valence-corrected chi connectivity index (χ3v) is 2.74. The highest BCUT2D eigenvalue weighted by molar-refractivity contribution is 5.70. The standard InChI is InChI=1S/C13H9F3N2O3/c1-21-11-7-6-10(18(19)20)12(17-11)8-2-4-9(5-3-8)13(14,15)16/h2-7H,1H3. The number of alkyl halides is 3. The van der Waals surface area contributed by atoms with Crippen LogP contribution in [-0.4, -0.2) is 17.0 Å². The van der Waals surface area contributed by atoms with Crippen LogP contribution in [0.5, 0.6) is 5.88 Å². The number of nitro groups is 1. The van der Waals surface area contributed by atoms with E-state index >= 15 is 0 Å². The van der Waals surface area contributed by atoms with Crippen molar-refractivity contribution >= 4 is 5.69 Å². The first-order valence-corrected chi connectivity index (χ1v) is 5.70. The van der Waals surface area contributed by atoms with Crippen molar-refractivity contribution in [2.75, 3.05) is 7.11 Å². The highest BCUT2D eigenvalue weighted by atomic mass is 19.4. The summed E-state index contributed by atoms with van der Waals surface area (Å²) in [6.07, 6.45) is -4.47. The maximum absolute atomic E-state index is 12.5. The number of nitrogens with zero attached hydrogens (tertiary/aromatic N) is 2. The summed E-state index contributed by atoms with van der Waals surface area (Å²) in [5.74, 6) is 0.135. The summed E-state index contributed by atoms with van der Waals surface area (Å²) in [5, 5.41) is 11.0. The van der Waals surface area contributed by atoms with E-state index in [1.54, 1.807) is 0 Å². The lowest BCUT2D eigenvalue weighted by Crippen LogP contribution is -2.04. The lowest BCUT2D eigenvalue weighted by Gasteiger charge is -2.08. The Labute approximate surface area is 117 Å². The predicted molar refractivity (Wildman–Crippen MR) is 67.9 cm³/mol. The summed E-state index contributed by atoms with van der Waals surface area (Å²) >= 11 is 0. The molecule has 0 spiro atoms. The van der Waals surface area contributed by atoms with Crippen molar-refractivity contribution in [3.05, 3.63) is 52.1 Å². The first-order chi connectivity index (χ1) is 9.82. The molecule has 1 heterocycles. The van der Waals surface area contributed by atoms with Crippen molar-refractivity contribution in [2.24, 2.45) is 0 Å². The predicted octanol–water partition coefficient (Wildman–Crippen LogP) is 3.68. The smallest absolute Gasteiger partial charge is 0.416 e. The Hall–Kier alpha value is -2.64. The van der Waals surface area contributed by atoms with Gasteiger partial charge < -0.3 is 4.74 Å². The molecule has 0 atom stereocenters. The molecule has 1 aromatic heterocycles. The number of hydrogen-bond acceptors (Lipinski definition) is 4. The molecule has 2 aromatic rings. The number of pyridine rings is 1. The van der Waals surface area contributed by atoms with Crippen molar-refractivity contribution in [2.45, 2.75) is 6.18 Å². The van der Waals surface area contributed by atoms with E-state index in [1.807, 2.05) is 0 Å². The van der Waals surface area contributed by atoms with E-state index in [0.29, 0.717) is 0 Å². The molecule has 0 saturated heterocycles. The molecule has 0 saturated carbocycles. The van der Waals surface area contributed by atoms with Gasteiger partial charge in [-0.2, -0.15) is 13.2 Å². The molecule has 21 heavy (non-hydrogen) atoms. The number of benzene rings is 1. The zero-order valence-corrected chi connectivity index (χ0v) is 10.7. The minimum Gasteiger partial charge on any atom is -0.481 e. The molecule has 0 aliphatic heterocycles. The van der Waals surface area contributed by atoms with Gasteiger partial charge in [-0.1, -0.05) is 12.1 Å². The van der Waals surface area contributed by atoms with Gasteiger partial charge in [0.05, 0.1) is 17.6 Å². The largest absolute Gasteiger partial charge is 0.481 e. The lowest BCUT2D eigenvalue weighted by atomic mass is 10.1. The molecule has 0 N–H and O–H groups in total. The van der Waals surface area contributed by atoms with E-state index in [0.717, 1.165) is 24.3 Å². The quantitative estimate of drug-likeness (QED) is 0.640. The normalized spacial score (nSPS) is 11.2. The maximum atomic E-state index is 12.5. The monoisotopic (exact) mass is 298 g/mol. The average Bonchev–Trinajstić information content (AvgIpc) is 2.45. The van der Waals surface area contributed by atoms with Crippen LogP contribution in [0.2, 0.25) is 0 Å². The van der Waals surface area contributed by atoms with Gasteiger partial charge in [0, 0.05) is 17.7 Å². The molecule has 5 nitrogen and oxygen atoms in total. The van der Waals surface area contributed by atoms with Gasteiger partial charge in [-0.05, 0) is 12.1 Å². The summed E-state index contributed by atoms with van der Waals surface area (Å²) in [6.45, 7) is 0. The minimum atomic E-state index is -4.47. The van der Waals surface area contributed by atoms with E-state index in [1.165, 1.54) is 19.2 Å². The molecule has 0 aliphatic rings. The van der Waals surface area contributed by atoms with E-state index in [2.05, 4.69) is 4.98 Å². The molecule has 0 aliphatic carbocycles. The molecular weight excluding hydrogens is 289 g/mol. The summed E-state index contributed by atoms with van der Waals surface area (Å²) in [5.41, 5.74) is -0.992. The topological polar surface area (TPSA) is 65.3 Å². The lowest BCUT2D eigenvalue weighted by molar-refractivity contribution is -0.384. The van der Waals surface area contributed by atoms with Gasteiger partial charge in [0.1, 0.15) is 0 Å². The van der Waals surface area contributed by atoms with E-state index < -0.39 is 16.7 Å². The van der Waals surface area contributed by atoms with E-state index in [4.69, 9.17) is 4.74 Å². The second kappa shape index (κ2) is 5.39. The van der Waals surface area contributed by atoms with Crippen LogP contribution < -0.4 is 4.74 Å². The van der Waals surface area contributed by atoms with Crippen molar-refractivity contribution in [1.29, 1.82) is 0 Å². The number of ether oxygens (including phenoxy) is 1. The molecule has 0 bridgehead atoms. The molecule has 0 fully saturated rings. The second-order valence-corrected chi connectivity index (χ2v) is 4.05. The second-order valence-electron chi connectivity index (χ2n) is 4.05. The number of hydrogen-bond donors (Lipinski definition) is 0. The molecule has 0 unspecified atom stereocenters. The summed E-state index contributed by atoms with van der Waals surface area (Å²) in [4.78, 5) is 14.2. The molecule has 0 amide bonds. The fraction of sp³-hybridized carbons (Fsp3) is 0.154. The first-order valence-electron chi connectivity index (χ1n) is 5.70. The minimum absolute atomic E-state index is 0.0481. The van der Waals surface area contributed by atoms with E-state index in [-0.39, 0.29) is 22.8 Å². The van der Waals surface area contributed by atoms with Crippen LogP contribution in [0.1, 0.15) is 5.56 Å². The Kier molecular flexibility index (Phi) is 3.79. The summed E-state index contributed by atoms with van der Waals surface area (Å²) in [7, 11) is 1.34. The van der Waals surface area contributed by atoms with Crippen LogP contribution in [0.3, 0.4) is 0 Å². The zero-order valence-electron chi connectivity index (χ0n) is 10.7. The Balaban J connectivity index is 2.52. The van der Waals surface area contributed by atoms with Gasteiger partial charge in [-0.15, -0.1) is 0 Å². The highest BCUT2D eigenvalue weighted by Gasteiger charge is 2.30. The van der Waals surface area contributed by atoms with Gasteiger partial charge in [-0.3, -0.25) is 10.1 Å². The van der Waals surface area contributed by atoms with Crippen molar-refractivity contribution in [3.8, 4) is 17.1 Å². The van der Waals surface area contributed by atoms with Gasteiger partial charge in [0.2, 0.25) is 5.88 Å². The first kappa shape index (κ1) is 14.8.